The van der Waals surface area contributed by atoms with Crippen LogP contribution in [0.5, 0.6) is 5.75 Å². The highest BCUT2D eigenvalue weighted by molar-refractivity contribution is 6.35. The van der Waals surface area contributed by atoms with Gasteiger partial charge in [-0.3, -0.25) is 0 Å². The number of phenols is 1. The molecule has 3 fully saturated rings. The topological polar surface area (TPSA) is 97.6 Å². The lowest BCUT2D eigenvalue weighted by Crippen LogP contribution is -2.58. The van der Waals surface area contributed by atoms with Crippen LogP contribution in [0.2, 0.25) is 5.02 Å². The number of aromatic nitrogens is 2. The number of likely N-dealkylation sites (N-methyl/N-ethyl adjacent to an activating group) is 1. The molecule has 252 valence electrons. The number of anilines is 2. The molecule has 0 spiro atoms. The zero-order chi connectivity index (χ0) is 34.1. The minimum atomic E-state index is -0.627. The van der Waals surface area contributed by atoms with Crippen molar-refractivity contribution in [2.45, 2.75) is 64.3 Å². The van der Waals surface area contributed by atoms with E-state index in [-0.39, 0.29) is 33.9 Å². The quantitative estimate of drug-likeness (QED) is 0.187. The van der Waals surface area contributed by atoms with E-state index in [9.17, 15) is 9.90 Å². The second-order valence-corrected chi connectivity index (χ2v) is 14.8. The molecule has 0 aliphatic carbocycles. The zero-order valence-electron chi connectivity index (χ0n) is 28.2. The molecule has 3 saturated heterocycles. The van der Waals surface area contributed by atoms with Gasteiger partial charge >= 0.3 is 6.09 Å². The highest BCUT2D eigenvalue weighted by Gasteiger charge is 2.42. The van der Waals surface area contributed by atoms with Crippen LogP contribution in [0, 0.1) is 5.82 Å². The minimum absolute atomic E-state index is 0.0254. The molecule has 2 atom stereocenters. The number of carbonyl (C=O) groups is 1. The third-order valence-electron chi connectivity index (χ3n) is 9.64. The van der Waals surface area contributed by atoms with Gasteiger partial charge in [-0.15, -0.1) is 0 Å². The predicted octanol–water partition coefficient (Wildman–Crippen LogP) is 6.70. The van der Waals surface area contributed by atoms with Gasteiger partial charge < -0.3 is 29.4 Å². The van der Waals surface area contributed by atoms with E-state index >= 15 is 4.39 Å². The van der Waals surface area contributed by atoms with E-state index in [4.69, 9.17) is 26.3 Å². The molecule has 3 aromatic carbocycles. The Morgan fingerprint density at radius 2 is 1.71 bits per heavy atom. The number of hydrogen-bond donors (Lipinski definition) is 1. The standard InChI is InChI=1S/C36H41ClFN7O3/c1-20(39-35(47)48-36(2,3)4)45-22-11-12-23(45)17-43(16-22)33-28-15-29(37)30(27-14-25(46)13-21-9-7-8-10-26(21)27)31(38)32(28)40-34(41-33)44-18-24(19-44)42(5)6/h7-10,13-15,22-24,46H,11-12,16-19H2,1-6H3/b39-20+. The van der Waals surface area contributed by atoms with Crippen molar-refractivity contribution >= 4 is 57.0 Å². The highest BCUT2D eigenvalue weighted by atomic mass is 35.5. The summed E-state index contributed by atoms with van der Waals surface area (Å²) in [6.45, 7) is 10.0. The van der Waals surface area contributed by atoms with Crippen LogP contribution in [0.4, 0.5) is 21.0 Å². The number of phenolic OH excluding ortho intramolecular Hbond substituents is 1. The normalized spacial score (nSPS) is 20.3. The largest absolute Gasteiger partial charge is 0.508 e. The summed E-state index contributed by atoms with van der Waals surface area (Å²) in [5.41, 5.74) is 0.255. The van der Waals surface area contributed by atoms with Gasteiger partial charge in [0.05, 0.1) is 5.02 Å². The summed E-state index contributed by atoms with van der Waals surface area (Å²) in [5, 5.41) is 12.9. The Labute approximate surface area is 284 Å². The maximum Gasteiger partial charge on any atom is 0.435 e. The van der Waals surface area contributed by atoms with Gasteiger partial charge in [0.15, 0.2) is 5.82 Å². The van der Waals surface area contributed by atoms with Gasteiger partial charge in [-0.1, -0.05) is 35.9 Å². The Kier molecular flexibility index (Phi) is 8.10. The molecule has 7 rings (SSSR count). The molecule has 3 aliphatic rings. The van der Waals surface area contributed by atoms with E-state index < -0.39 is 17.5 Å². The molecular formula is C36H41ClFN7O3. The predicted molar refractivity (Wildman–Crippen MR) is 189 cm³/mol. The summed E-state index contributed by atoms with van der Waals surface area (Å²) in [6.07, 6.45) is 1.26. The van der Waals surface area contributed by atoms with Crippen molar-refractivity contribution in [1.82, 2.24) is 19.8 Å². The number of ether oxygens (including phenoxy) is 1. The number of carbonyl (C=O) groups excluding carboxylic acids is 1. The molecule has 1 amide bonds. The van der Waals surface area contributed by atoms with Crippen molar-refractivity contribution in [3.05, 3.63) is 53.3 Å². The Bertz CT molecular complexity index is 1940. The van der Waals surface area contributed by atoms with Gasteiger partial charge in [0.1, 0.15) is 28.5 Å². The van der Waals surface area contributed by atoms with Gasteiger partial charge in [0.25, 0.3) is 0 Å². The number of amides is 1. The summed E-state index contributed by atoms with van der Waals surface area (Å²) in [4.78, 5) is 35.4. The van der Waals surface area contributed by atoms with Crippen molar-refractivity contribution in [2.75, 3.05) is 50.1 Å². The average Bonchev–Trinajstić information content (AvgIpc) is 3.24. The number of hydrogen-bond acceptors (Lipinski definition) is 8. The molecule has 12 heteroatoms. The number of nitrogens with zero attached hydrogens (tertiary/aromatic N) is 7. The lowest BCUT2D eigenvalue weighted by Gasteiger charge is -2.44. The molecule has 4 heterocycles. The van der Waals surface area contributed by atoms with Crippen molar-refractivity contribution in [3.63, 3.8) is 0 Å². The smallest absolute Gasteiger partial charge is 0.435 e. The lowest BCUT2D eigenvalue weighted by molar-refractivity contribution is 0.0600. The summed E-state index contributed by atoms with van der Waals surface area (Å²) in [7, 11) is 4.09. The van der Waals surface area contributed by atoms with Crippen LogP contribution in [0.3, 0.4) is 0 Å². The lowest BCUT2D eigenvalue weighted by atomic mass is 9.96. The van der Waals surface area contributed by atoms with Crippen molar-refractivity contribution in [2.24, 2.45) is 4.99 Å². The highest BCUT2D eigenvalue weighted by Crippen LogP contribution is 2.44. The van der Waals surface area contributed by atoms with Gasteiger partial charge in [-0.25, -0.2) is 14.2 Å². The number of amidine groups is 1. The van der Waals surface area contributed by atoms with Crippen molar-refractivity contribution in [1.29, 1.82) is 0 Å². The zero-order valence-corrected chi connectivity index (χ0v) is 28.9. The second kappa shape index (κ2) is 12.0. The molecule has 3 aliphatic heterocycles. The van der Waals surface area contributed by atoms with E-state index in [1.54, 1.807) is 18.2 Å². The van der Waals surface area contributed by atoms with E-state index in [1.807, 2.05) is 66.1 Å². The molecule has 4 aromatic rings. The molecule has 0 saturated carbocycles. The molecule has 1 N–H and O–H groups in total. The van der Waals surface area contributed by atoms with Gasteiger partial charge in [0.2, 0.25) is 5.95 Å². The first-order valence-corrected chi connectivity index (χ1v) is 16.8. The fourth-order valence-electron chi connectivity index (χ4n) is 7.32. The Morgan fingerprint density at radius 3 is 2.38 bits per heavy atom. The van der Waals surface area contributed by atoms with Crippen LogP contribution in [0.15, 0.2) is 47.5 Å². The Morgan fingerprint density at radius 1 is 1.02 bits per heavy atom. The molecular weight excluding hydrogens is 633 g/mol. The summed E-state index contributed by atoms with van der Waals surface area (Å²) in [6, 6.07) is 13.0. The molecule has 2 bridgehead atoms. The number of fused-ring (bicyclic) bond motifs is 4. The van der Waals surface area contributed by atoms with Crippen LogP contribution < -0.4 is 9.80 Å². The molecule has 10 nitrogen and oxygen atoms in total. The monoisotopic (exact) mass is 673 g/mol. The second-order valence-electron chi connectivity index (χ2n) is 14.4. The number of benzene rings is 3. The molecule has 48 heavy (non-hydrogen) atoms. The maximum absolute atomic E-state index is 17.0. The third kappa shape index (κ3) is 5.87. The summed E-state index contributed by atoms with van der Waals surface area (Å²) < 4.78 is 22.4. The Hall–Kier alpha value is -4.22. The van der Waals surface area contributed by atoms with Crippen molar-refractivity contribution < 1.29 is 19.0 Å². The van der Waals surface area contributed by atoms with Gasteiger partial charge in [-0.05, 0) is 89.2 Å². The van der Waals surface area contributed by atoms with Crippen LogP contribution >= 0.6 is 11.6 Å². The first-order chi connectivity index (χ1) is 22.8. The fraction of sp³-hybridized carbons (Fsp3) is 0.444. The number of piperazine rings is 1. The number of rotatable bonds is 4. The van der Waals surface area contributed by atoms with E-state index in [2.05, 4.69) is 24.6 Å². The van der Waals surface area contributed by atoms with Crippen LogP contribution in [0.1, 0.15) is 40.5 Å². The van der Waals surface area contributed by atoms with Crippen LogP contribution in [0.25, 0.3) is 32.8 Å². The summed E-state index contributed by atoms with van der Waals surface area (Å²) in [5.74, 6) is 1.22. The molecule has 1 aromatic heterocycles. The average molecular weight is 674 g/mol. The van der Waals surface area contributed by atoms with Gasteiger partial charge in [-0.2, -0.15) is 9.98 Å². The molecule has 0 radical (unpaired) electrons. The third-order valence-corrected chi connectivity index (χ3v) is 9.94. The van der Waals surface area contributed by atoms with E-state index in [0.717, 1.165) is 36.7 Å². The fourth-order valence-corrected chi connectivity index (χ4v) is 7.62. The Balaban J connectivity index is 1.31. The maximum atomic E-state index is 17.0. The number of aromatic hydroxyl groups is 1. The van der Waals surface area contributed by atoms with Gasteiger partial charge in [0, 0.05) is 55.3 Å². The number of halogens is 2. The first kappa shape index (κ1) is 32.3. The van der Waals surface area contributed by atoms with E-state index in [1.165, 1.54) is 0 Å². The van der Waals surface area contributed by atoms with E-state index in [0.29, 0.717) is 47.7 Å². The number of aliphatic imine (C=N–C) groups is 1. The van der Waals surface area contributed by atoms with Crippen molar-refractivity contribution in [3.8, 4) is 16.9 Å². The SMILES string of the molecule is C/C(=N\C(=O)OC(C)(C)C)N1C2CCC1CN(c1nc(N3CC(N(C)C)C3)nc3c(F)c(-c4cc(O)cc5ccccc45)c(Cl)cc13)C2. The van der Waals surface area contributed by atoms with Crippen LogP contribution in [-0.4, -0.2) is 101 Å². The summed E-state index contributed by atoms with van der Waals surface area (Å²) >= 11 is 6.95. The first-order valence-electron chi connectivity index (χ1n) is 16.4. The minimum Gasteiger partial charge on any atom is -0.508 e. The van der Waals surface area contributed by atoms with Crippen LogP contribution in [-0.2, 0) is 4.74 Å². The molecule has 2 unspecified atom stereocenters.